The molecule has 0 aliphatic rings. The first kappa shape index (κ1) is 13.3. The molecule has 1 amide bonds. The minimum atomic E-state index is -0.529. The largest absolute Gasteiger partial charge is 0.342 e. The van der Waals surface area contributed by atoms with Gasteiger partial charge in [0, 0.05) is 6.20 Å². The van der Waals surface area contributed by atoms with Crippen LogP contribution >= 0.6 is 11.6 Å². The number of hydrogen-bond acceptors (Lipinski definition) is 4. The van der Waals surface area contributed by atoms with E-state index in [0.29, 0.717) is 11.6 Å². The molecule has 3 N–H and O–H groups in total. The second-order valence-corrected chi connectivity index (χ2v) is 4.47. The number of H-pyrrole nitrogens is 2. The molecule has 0 bridgehead atoms. The fourth-order valence-electron chi connectivity index (χ4n) is 1.52. The molecule has 0 aliphatic heterocycles. The fraction of sp³-hybridized carbons (Fsp3) is 0.273. The highest BCUT2D eigenvalue weighted by Crippen LogP contribution is 2.09. The number of carbonyl (C=O) groups excluding carboxylic acids is 1. The third-order valence-corrected chi connectivity index (χ3v) is 2.68. The van der Waals surface area contributed by atoms with Gasteiger partial charge in [0.15, 0.2) is 5.82 Å². The molecule has 2 heterocycles. The van der Waals surface area contributed by atoms with Gasteiger partial charge in [-0.2, -0.15) is 5.10 Å². The Labute approximate surface area is 113 Å². The van der Waals surface area contributed by atoms with Crippen LogP contribution in [0.25, 0.3) is 0 Å². The minimum Gasteiger partial charge on any atom is -0.342 e. The van der Waals surface area contributed by atoms with E-state index in [-0.39, 0.29) is 10.6 Å². The van der Waals surface area contributed by atoms with Crippen molar-refractivity contribution in [1.29, 1.82) is 0 Å². The number of aromatic nitrogens is 4. The topological polar surface area (TPSA) is 104 Å². The lowest BCUT2D eigenvalue weighted by Crippen LogP contribution is -2.32. The van der Waals surface area contributed by atoms with Crippen molar-refractivity contribution in [2.24, 2.45) is 0 Å². The van der Waals surface area contributed by atoms with Crippen molar-refractivity contribution in [3.8, 4) is 0 Å². The first-order chi connectivity index (χ1) is 8.97. The molecular weight excluding hydrogens is 270 g/mol. The Morgan fingerprint density at radius 2 is 2.26 bits per heavy atom. The average molecular weight is 282 g/mol. The molecule has 0 spiro atoms. The van der Waals surface area contributed by atoms with E-state index in [4.69, 9.17) is 11.6 Å². The highest BCUT2D eigenvalue weighted by atomic mass is 35.5. The summed E-state index contributed by atoms with van der Waals surface area (Å²) < 4.78 is 0. The Morgan fingerprint density at radius 3 is 2.89 bits per heavy atom. The van der Waals surface area contributed by atoms with Crippen LogP contribution in [0.4, 0.5) is 0 Å². The van der Waals surface area contributed by atoms with E-state index in [1.807, 2.05) is 0 Å². The standard InChI is InChI=1S/C11H12ClN5O2/c1-5(9-15-6(2)16-17-9)14-11(19)8-3-7(12)4-13-10(8)18/h3-5H,1-2H3,(H,13,18)(H,14,19)(H,15,16,17)/t5-/m1/s1. The Balaban J connectivity index is 2.17. The van der Waals surface area contributed by atoms with Crippen LogP contribution in [0.3, 0.4) is 0 Å². The van der Waals surface area contributed by atoms with Gasteiger partial charge in [-0.25, -0.2) is 4.98 Å². The highest BCUT2D eigenvalue weighted by Gasteiger charge is 2.17. The number of rotatable bonds is 3. The zero-order valence-corrected chi connectivity index (χ0v) is 11.1. The second-order valence-electron chi connectivity index (χ2n) is 4.03. The molecule has 0 fully saturated rings. The number of halogens is 1. The Morgan fingerprint density at radius 1 is 1.53 bits per heavy atom. The quantitative estimate of drug-likeness (QED) is 0.779. The van der Waals surface area contributed by atoms with Crippen molar-refractivity contribution in [2.45, 2.75) is 19.9 Å². The van der Waals surface area contributed by atoms with Gasteiger partial charge in [0.05, 0.1) is 11.1 Å². The van der Waals surface area contributed by atoms with Crippen LogP contribution in [0.1, 0.15) is 35.0 Å². The molecule has 7 nitrogen and oxygen atoms in total. The number of aromatic amines is 2. The summed E-state index contributed by atoms with van der Waals surface area (Å²) in [5.41, 5.74) is -0.549. The lowest BCUT2D eigenvalue weighted by molar-refractivity contribution is 0.0937. The van der Waals surface area contributed by atoms with Crippen molar-refractivity contribution in [3.05, 3.63) is 44.9 Å². The van der Waals surface area contributed by atoms with Gasteiger partial charge in [-0.15, -0.1) is 0 Å². The van der Waals surface area contributed by atoms with E-state index in [1.165, 1.54) is 12.3 Å². The van der Waals surface area contributed by atoms with Gasteiger partial charge >= 0.3 is 0 Å². The summed E-state index contributed by atoms with van der Waals surface area (Å²) in [6.45, 7) is 3.48. The van der Waals surface area contributed by atoms with Crippen molar-refractivity contribution in [2.75, 3.05) is 0 Å². The first-order valence-corrected chi connectivity index (χ1v) is 5.93. The van der Waals surface area contributed by atoms with Crippen LogP contribution in [-0.2, 0) is 0 Å². The molecule has 1 atom stereocenters. The van der Waals surface area contributed by atoms with Gasteiger partial charge in [-0.05, 0) is 19.9 Å². The first-order valence-electron chi connectivity index (χ1n) is 5.55. The van der Waals surface area contributed by atoms with Gasteiger partial charge in [-0.3, -0.25) is 14.7 Å². The number of carbonyl (C=O) groups is 1. The normalized spacial score (nSPS) is 12.2. The second kappa shape index (κ2) is 5.23. The number of nitrogens with zero attached hydrogens (tertiary/aromatic N) is 2. The number of amides is 1. The smallest absolute Gasteiger partial charge is 0.260 e. The molecule has 0 saturated heterocycles. The summed E-state index contributed by atoms with van der Waals surface area (Å²) >= 11 is 5.74. The summed E-state index contributed by atoms with van der Waals surface area (Å²) in [5, 5.41) is 9.54. The summed E-state index contributed by atoms with van der Waals surface area (Å²) in [4.78, 5) is 30.0. The van der Waals surface area contributed by atoms with Crippen LogP contribution < -0.4 is 10.9 Å². The van der Waals surface area contributed by atoms with Gasteiger partial charge < -0.3 is 10.3 Å². The Hall–Kier alpha value is -2.15. The van der Waals surface area contributed by atoms with E-state index in [9.17, 15) is 9.59 Å². The van der Waals surface area contributed by atoms with E-state index in [2.05, 4.69) is 25.5 Å². The van der Waals surface area contributed by atoms with Crippen molar-refractivity contribution in [1.82, 2.24) is 25.5 Å². The molecule has 0 saturated carbocycles. The maximum Gasteiger partial charge on any atom is 0.260 e. The molecule has 0 aliphatic carbocycles. The van der Waals surface area contributed by atoms with Crippen LogP contribution in [-0.4, -0.2) is 26.1 Å². The van der Waals surface area contributed by atoms with E-state index in [0.717, 1.165) is 0 Å². The predicted octanol–water partition coefficient (Wildman–Crippen LogP) is 0.946. The number of pyridine rings is 1. The summed E-state index contributed by atoms with van der Waals surface area (Å²) in [6, 6.07) is 0.891. The highest BCUT2D eigenvalue weighted by molar-refractivity contribution is 6.30. The van der Waals surface area contributed by atoms with Crippen molar-refractivity contribution >= 4 is 17.5 Å². The minimum absolute atomic E-state index is 0.0494. The molecule has 2 aromatic heterocycles. The number of aryl methyl sites for hydroxylation is 1. The maximum absolute atomic E-state index is 12.0. The molecular formula is C11H12ClN5O2. The average Bonchev–Trinajstić information content (AvgIpc) is 2.79. The third kappa shape index (κ3) is 3.00. The fourth-order valence-corrected chi connectivity index (χ4v) is 1.68. The zero-order chi connectivity index (χ0) is 14.0. The molecule has 19 heavy (non-hydrogen) atoms. The monoisotopic (exact) mass is 281 g/mol. The summed E-state index contributed by atoms with van der Waals surface area (Å²) in [5.74, 6) is 0.569. The maximum atomic E-state index is 12.0. The predicted molar refractivity (Wildman–Crippen MR) is 69.1 cm³/mol. The Kier molecular flexibility index (Phi) is 3.66. The van der Waals surface area contributed by atoms with Crippen molar-refractivity contribution in [3.63, 3.8) is 0 Å². The van der Waals surface area contributed by atoms with Gasteiger partial charge in [0.2, 0.25) is 0 Å². The van der Waals surface area contributed by atoms with Crippen LogP contribution in [0, 0.1) is 6.92 Å². The molecule has 0 unspecified atom stereocenters. The third-order valence-electron chi connectivity index (χ3n) is 2.46. The van der Waals surface area contributed by atoms with Crippen LogP contribution in [0.2, 0.25) is 5.02 Å². The van der Waals surface area contributed by atoms with Gasteiger partial charge in [-0.1, -0.05) is 11.6 Å². The zero-order valence-electron chi connectivity index (χ0n) is 10.3. The SMILES string of the molecule is Cc1nc([C@@H](C)NC(=O)c2cc(Cl)c[nH]c2=O)n[nH]1. The summed E-state index contributed by atoms with van der Waals surface area (Å²) in [6.07, 6.45) is 1.32. The van der Waals surface area contributed by atoms with Gasteiger partial charge in [0.1, 0.15) is 11.4 Å². The van der Waals surface area contributed by atoms with Gasteiger partial charge in [0.25, 0.3) is 11.5 Å². The molecule has 8 heteroatoms. The number of hydrogen-bond donors (Lipinski definition) is 3. The molecule has 100 valence electrons. The number of nitrogens with one attached hydrogen (secondary N) is 3. The van der Waals surface area contributed by atoms with E-state index >= 15 is 0 Å². The molecule has 0 aromatic carbocycles. The van der Waals surface area contributed by atoms with Crippen LogP contribution in [0.15, 0.2) is 17.1 Å². The van der Waals surface area contributed by atoms with Crippen LogP contribution in [0.5, 0.6) is 0 Å². The lowest BCUT2D eigenvalue weighted by atomic mass is 10.2. The Bertz CT molecular complexity index is 663. The van der Waals surface area contributed by atoms with E-state index < -0.39 is 17.5 Å². The molecule has 0 radical (unpaired) electrons. The van der Waals surface area contributed by atoms with E-state index in [1.54, 1.807) is 13.8 Å². The lowest BCUT2D eigenvalue weighted by Gasteiger charge is -2.09. The van der Waals surface area contributed by atoms with Crippen molar-refractivity contribution < 1.29 is 4.79 Å². The molecule has 2 aromatic rings. The molecule has 2 rings (SSSR count). The summed E-state index contributed by atoms with van der Waals surface area (Å²) in [7, 11) is 0.